The summed E-state index contributed by atoms with van der Waals surface area (Å²) in [6.45, 7) is 1.65. The average molecular weight is 314 g/mol. The van der Waals surface area contributed by atoms with Crippen LogP contribution in [0.3, 0.4) is 0 Å². The van der Waals surface area contributed by atoms with Crippen molar-refractivity contribution >= 4 is 28.5 Å². The van der Waals surface area contributed by atoms with Gasteiger partial charge in [-0.15, -0.1) is 0 Å². The van der Waals surface area contributed by atoms with Gasteiger partial charge in [0, 0.05) is 17.2 Å². The minimum absolute atomic E-state index is 0.0604. The Morgan fingerprint density at radius 1 is 1.39 bits per heavy atom. The number of benzene rings is 1. The summed E-state index contributed by atoms with van der Waals surface area (Å²) in [5.74, 6) is 0. The zero-order valence-corrected chi connectivity index (χ0v) is 11.6. The third-order valence-electron chi connectivity index (χ3n) is 2.94. The molecule has 0 radical (unpaired) electrons. The van der Waals surface area contributed by atoms with Gasteiger partial charge in [0.05, 0.1) is 0 Å². The van der Waals surface area contributed by atoms with Gasteiger partial charge in [-0.2, -0.15) is 0 Å². The van der Waals surface area contributed by atoms with E-state index in [1.807, 2.05) is 24.3 Å². The summed E-state index contributed by atoms with van der Waals surface area (Å²) in [6.07, 6.45) is 0. The first-order chi connectivity index (χ1) is 8.55. The van der Waals surface area contributed by atoms with Crippen LogP contribution in [0.5, 0.6) is 0 Å². The monoisotopic (exact) mass is 313 g/mol. The maximum absolute atomic E-state index is 10.8. The van der Waals surface area contributed by atoms with E-state index in [9.17, 15) is 10.1 Å². The Labute approximate surface area is 114 Å². The van der Waals surface area contributed by atoms with Gasteiger partial charge in [-0.25, -0.2) is 0 Å². The van der Waals surface area contributed by atoms with Gasteiger partial charge in [0.15, 0.2) is 0 Å². The molecule has 0 bridgehead atoms. The van der Waals surface area contributed by atoms with E-state index < -0.39 is 12.7 Å². The largest absolute Gasteiger partial charge is 0.494 e. The number of alkyl halides is 1. The second-order valence-electron chi connectivity index (χ2n) is 4.58. The first-order valence-electron chi connectivity index (χ1n) is 5.58. The Balaban J connectivity index is 2.03. The quantitative estimate of drug-likeness (QED) is 0.366. The molecule has 0 aliphatic carbocycles. The second kappa shape index (κ2) is 5.38. The van der Waals surface area contributed by atoms with Crippen LogP contribution in [0, 0.1) is 10.1 Å². The van der Waals surface area contributed by atoms with Crippen molar-refractivity contribution in [3.05, 3.63) is 39.9 Å². The van der Waals surface area contributed by atoms with Crippen molar-refractivity contribution in [3.63, 3.8) is 0 Å². The lowest BCUT2D eigenvalue weighted by Crippen LogP contribution is -2.55. The molecule has 2 rings (SSSR count). The Kier molecular flexibility index (Phi) is 4.04. The number of hydrogen-bond donors (Lipinski definition) is 0. The van der Waals surface area contributed by atoms with Crippen LogP contribution in [0.25, 0.3) is 0 Å². The second-order valence-corrected chi connectivity index (χ2v) is 5.14. The van der Waals surface area contributed by atoms with Gasteiger partial charge in [0.1, 0.15) is 13.2 Å². The summed E-state index contributed by atoms with van der Waals surface area (Å²) >= 11 is 3.37. The molecule has 1 fully saturated rings. The molecular formula is C11H13BBrNO4. The number of rotatable bonds is 3. The van der Waals surface area contributed by atoms with E-state index >= 15 is 0 Å². The Bertz CT molecular complexity index is 431. The molecule has 0 atom stereocenters. The molecule has 1 aliphatic rings. The van der Waals surface area contributed by atoms with Crippen molar-refractivity contribution in [2.45, 2.75) is 17.8 Å². The smallest absolute Gasteiger partial charge is 0.400 e. The van der Waals surface area contributed by atoms with Crippen molar-refractivity contribution in [1.29, 1.82) is 0 Å². The van der Waals surface area contributed by atoms with Crippen LogP contribution in [-0.4, -0.2) is 30.8 Å². The molecule has 7 heteroatoms. The van der Waals surface area contributed by atoms with Gasteiger partial charge in [0.2, 0.25) is 0 Å². The standard InChI is InChI=1S/C11H13BBrNO4/c1-11(14(15)16)7-17-12(18-8-11)10-4-2-9(6-13)3-5-10/h2-5H,6-8H2,1H3. The third kappa shape index (κ3) is 2.73. The topological polar surface area (TPSA) is 61.6 Å². The molecule has 0 spiro atoms. The van der Waals surface area contributed by atoms with E-state index in [4.69, 9.17) is 9.31 Å². The van der Waals surface area contributed by atoms with Crippen LogP contribution in [0.15, 0.2) is 24.3 Å². The minimum atomic E-state index is -1.15. The van der Waals surface area contributed by atoms with Crippen LogP contribution in [-0.2, 0) is 14.6 Å². The van der Waals surface area contributed by atoms with Gasteiger partial charge in [-0.3, -0.25) is 10.1 Å². The SMILES string of the molecule is CC1([N+](=O)[O-])COB(c2ccc(CBr)cc2)OC1. The van der Waals surface area contributed by atoms with E-state index in [1.54, 1.807) is 0 Å². The van der Waals surface area contributed by atoms with Crippen LogP contribution >= 0.6 is 15.9 Å². The fourth-order valence-corrected chi connectivity index (χ4v) is 2.04. The van der Waals surface area contributed by atoms with Gasteiger partial charge < -0.3 is 9.31 Å². The van der Waals surface area contributed by atoms with E-state index in [0.29, 0.717) is 0 Å². The van der Waals surface area contributed by atoms with Crippen molar-refractivity contribution in [1.82, 2.24) is 0 Å². The molecule has 1 aromatic carbocycles. The molecule has 0 amide bonds. The predicted octanol–water partition coefficient (Wildman–Crippen LogP) is 1.36. The molecule has 1 aliphatic heterocycles. The van der Waals surface area contributed by atoms with Crippen molar-refractivity contribution in [2.24, 2.45) is 0 Å². The summed E-state index contributed by atoms with van der Waals surface area (Å²) in [5, 5.41) is 11.6. The normalized spacial score (nSPS) is 18.7. The summed E-state index contributed by atoms with van der Waals surface area (Å²) in [7, 11) is -0.512. The molecular weight excluding hydrogens is 301 g/mol. The van der Waals surface area contributed by atoms with E-state index in [-0.39, 0.29) is 18.1 Å². The molecule has 0 unspecified atom stereocenters. The number of hydrogen-bond acceptors (Lipinski definition) is 4. The summed E-state index contributed by atoms with van der Waals surface area (Å²) in [4.78, 5) is 10.5. The molecule has 96 valence electrons. The fraction of sp³-hybridized carbons (Fsp3) is 0.455. The van der Waals surface area contributed by atoms with Crippen LogP contribution in [0.2, 0.25) is 0 Å². The maximum atomic E-state index is 10.8. The summed E-state index contributed by atoms with van der Waals surface area (Å²) < 4.78 is 10.9. The number of halogens is 1. The van der Waals surface area contributed by atoms with Gasteiger partial charge in [-0.05, 0) is 11.0 Å². The summed E-state index contributed by atoms with van der Waals surface area (Å²) in [5.41, 5.74) is 0.890. The van der Waals surface area contributed by atoms with E-state index in [2.05, 4.69) is 15.9 Å². The predicted molar refractivity (Wildman–Crippen MR) is 71.8 cm³/mol. The summed E-state index contributed by atoms with van der Waals surface area (Å²) in [6, 6.07) is 7.77. The van der Waals surface area contributed by atoms with Crippen molar-refractivity contribution in [2.75, 3.05) is 13.2 Å². The molecule has 18 heavy (non-hydrogen) atoms. The maximum Gasteiger partial charge on any atom is 0.494 e. The third-order valence-corrected chi connectivity index (χ3v) is 3.59. The Hall–Kier alpha value is -0.915. The van der Waals surface area contributed by atoms with Crippen molar-refractivity contribution < 1.29 is 14.2 Å². The molecule has 0 aromatic heterocycles. The van der Waals surface area contributed by atoms with Gasteiger partial charge in [0.25, 0.3) is 5.54 Å². The van der Waals surface area contributed by atoms with Crippen LogP contribution in [0.4, 0.5) is 0 Å². The molecule has 0 N–H and O–H groups in total. The molecule has 1 saturated heterocycles. The van der Waals surface area contributed by atoms with Crippen molar-refractivity contribution in [3.8, 4) is 0 Å². The first kappa shape index (κ1) is 13.5. The van der Waals surface area contributed by atoms with Crippen LogP contribution < -0.4 is 5.46 Å². The highest BCUT2D eigenvalue weighted by atomic mass is 79.9. The number of nitro groups is 1. The van der Waals surface area contributed by atoms with E-state index in [1.165, 1.54) is 6.92 Å². The number of nitrogens with zero attached hydrogens (tertiary/aromatic N) is 1. The molecule has 1 aromatic rings. The Morgan fingerprint density at radius 2 is 1.94 bits per heavy atom. The van der Waals surface area contributed by atoms with Gasteiger partial charge in [-0.1, -0.05) is 40.2 Å². The van der Waals surface area contributed by atoms with E-state index in [0.717, 1.165) is 16.4 Å². The highest BCUT2D eigenvalue weighted by Gasteiger charge is 2.45. The molecule has 0 saturated carbocycles. The van der Waals surface area contributed by atoms with Gasteiger partial charge >= 0.3 is 7.12 Å². The lowest BCUT2D eigenvalue weighted by Gasteiger charge is -2.29. The molecule has 5 nitrogen and oxygen atoms in total. The molecule has 1 heterocycles. The average Bonchev–Trinajstić information content (AvgIpc) is 2.40. The lowest BCUT2D eigenvalue weighted by molar-refractivity contribution is -0.573. The highest BCUT2D eigenvalue weighted by Crippen LogP contribution is 2.17. The zero-order valence-electron chi connectivity index (χ0n) is 9.97. The Morgan fingerprint density at radius 3 is 2.39 bits per heavy atom. The minimum Gasteiger partial charge on any atom is -0.400 e. The first-order valence-corrected chi connectivity index (χ1v) is 6.70. The fourth-order valence-electron chi connectivity index (χ4n) is 1.66. The zero-order chi connectivity index (χ0) is 13.2. The lowest BCUT2D eigenvalue weighted by atomic mass is 9.76. The highest BCUT2D eigenvalue weighted by molar-refractivity contribution is 9.08. The van der Waals surface area contributed by atoms with Crippen LogP contribution in [0.1, 0.15) is 12.5 Å².